The van der Waals surface area contributed by atoms with Gasteiger partial charge in [0.25, 0.3) is 15.8 Å². The molecule has 1 heterocycles. The number of ether oxygens (including phenoxy) is 1. The van der Waals surface area contributed by atoms with Gasteiger partial charge in [0.1, 0.15) is 10.6 Å². The van der Waals surface area contributed by atoms with Crippen LogP contribution < -0.4 is 5.32 Å². The monoisotopic (exact) mass is 330 g/mol. The van der Waals surface area contributed by atoms with Crippen molar-refractivity contribution in [3.05, 3.63) is 28.3 Å². The van der Waals surface area contributed by atoms with Crippen molar-refractivity contribution in [1.29, 1.82) is 0 Å². The molecule has 1 aliphatic heterocycles. The highest BCUT2D eigenvalue weighted by molar-refractivity contribution is 7.86. The van der Waals surface area contributed by atoms with Gasteiger partial charge >= 0.3 is 0 Å². The first-order valence-corrected chi connectivity index (χ1v) is 8.25. The van der Waals surface area contributed by atoms with E-state index in [1.54, 1.807) is 0 Å². The largest absolute Gasteiger partial charge is 0.381 e. The van der Waals surface area contributed by atoms with E-state index in [-0.39, 0.29) is 10.6 Å². The molecule has 0 amide bonds. The Kier molecular flexibility index (Phi) is 5.33. The molecule has 8 nitrogen and oxygen atoms in total. The molecular formula is C13H18N2O6S. The Hall–Kier alpha value is -1.71. The van der Waals surface area contributed by atoms with Crippen molar-refractivity contribution in [3.8, 4) is 0 Å². The van der Waals surface area contributed by atoms with Crippen molar-refractivity contribution in [3.63, 3.8) is 0 Å². The van der Waals surface area contributed by atoms with E-state index >= 15 is 0 Å². The molecule has 0 saturated carbocycles. The summed E-state index contributed by atoms with van der Waals surface area (Å²) in [7, 11) is -2.94. The molecule has 1 fully saturated rings. The number of nitrogens with one attached hydrogen (secondary N) is 1. The van der Waals surface area contributed by atoms with E-state index < -0.39 is 15.0 Å². The van der Waals surface area contributed by atoms with Crippen LogP contribution in [-0.2, 0) is 19.0 Å². The van der Waals surface area contributed by atoms with Crippen LogP contribution in [0.2, 0.25) is 0 Å². The predicted molar refractivity (Wildman–Crippen MR) is 79.3 cm³/mol. The first-order valence-electron chi connectivity index (χ1n) is 6.84. The fraction of sp³-hybridized carbons (Fsp3) is 0.538. The van der Waals surface area contributed by atoms with Gasteiger partial charge in [0.2, 0.25) is 0 Å². The third-order valence-electron chi connectivity index (χ3n) is 3.60. The summed E-state index contributed by atoms with van der Waals surface area (Å²) in [6, 6.07) is 3.69. The van der Waals surface area contributed by atoms with Crippen LogP contribution in [0.3, 0.4) is 0 Å². The van der Waals surface area contributed by atoms with Crippen LogP contribution >= 0.6 is 0 Å². The number of nitro benzene ring substituents is 1. The fourth-order valence-electron chi connectivity index (χ4n) is 2.27. The number of anilines is 1. The van der Waals surface area contributed by atoms with E-state index in [1.807, 2.05) is 0 Å². The van der Waals surface area contributed by atoms with Gasteiger partial charge in [0.15, 0.2) is 0 Å². The van der Waals surface area contributed by atoms with Gasteiger partial charge in [-0.05, 0) is 30.9 Å². The summed E-state index contributed by atoms with van der Waals surface area (Å²) in [5.41, 5.74) is 0.0109. The Morgan fingerprint density at radius 1 is 1.41 bits per heavy atom. The van der Waals surface area contributed by atoms with Crippen molar-refractivity contribution >= 4 is 21.5 Å². The molecule has 0 aromatic heterocycles. The second-order valence-electron chi connectivity index (χ2n) is 4.99. The average molecular weight is 330 g/mol. The second-order valence-corrected chi connectivity index (χ2v) is 6.71. The van der Waals surface area contributed by atoms with Crippen molar-refractivity contribution in [2.45, 2.75) is 17.7 Å². The quantitative estimate of drug-likeness (QED) is 0.481. The van der Waals surface area contributed by atoms with Crippen LogP contribution in [0.5, 0.6) is 0 Å². The minimum Gasteiger partial charge on any atom is -0.381 e. The Labute approximate surface area is 128 Å². The van der Waals surface area contributed by atoms with E-state index in [1.165, 1.54) is 12.1 Å². The summed E-state index contributed by atoms with van der Waals surface area (Å²) in [6.45, 7) is 1.97. The SMILES string of the molecule is COS(=O)(=O)c1ccc(NCC2CCOCC2)c([N+](=O)[O-])c1. The molecule has 0 bridgehead atoms. The zero-order valence-corrected chi connectivity index (χ0v) is 13.0. The lowest BCUT2D eigenvalue weighted by Gasteiger charge is -2.22. The summed E-state index contributed by atoms with van der Waals surface area (Å²) in [5.74, 6) is 0.385. The topological polar surface area (TPSA) is 108 Å². The van der Waals surface area contributed by atoms with Crippen molar-refractivity contribution in [2.75, 3.05) is 32.2 Å². The highest BCUT2D eigenvalue weighted by Crippen LogP contribution is 2.29. The van der Waals surface area contributed by atoms with Gasteiger partial charge in [0.05, 0.1) is 12.0 Å². The number of nitro groups is 1. The molecule has 1 aromatic rings. The van der Waals surface area contributed by atoms with Gasteiger partial charge in [-0.3, -0.25) is 14.3 Å². The van der Waals surface area contributed by atoms with E-state index in [0.29, 0.717) is 31.4 Å². The molecule has 1 aliphatic rings. The molecule has 0 atom stereocenters. The fourth-order valence-corrected chi connectivity index (χ4v) is 2.95. The van der Waals surface area contributed by atoms with Crippen LogP contribution in [0.25, 0.3) is 0 Å². The molecule has 2 rings (SSSR count). The van der Waals surface area contributed by atoms with Gasteiger partial charge in [-0.25, -0.2) is 0 Å². The maximum Gasteiger partial charge on any atom is 0.296 e. The number of benzene rings is 1. The molecule has 0 unspecified atom stereocenters. The van der Waals surface area contributed by atoms with Gasteiger partial charge in [-0.2, -0.15) is 8.42 Å². The number of hydrogen-bond donors (Lipinski definition) is 1. The van der Waals surface area contributed by atoms with E-state index in [2.05, 4.69) is 9.50 Å². The molecule has 0 aliphatic carbocycles. The lowest BCUT2D eigenvalue weighted by atomic mass is 10.0. The van der Waals surface area contributed by atoms with Gasteiger partial charge < -0.3 is 10.1 Å². The van der Waals surface area contributed by atoms with Crippen LogP contribution in [-0.4, -0.2) is 40.2 Å². The highest BCUT2D eigenvalue weighted by Gasteiger charge is 2.22. The first-order chi connectivity index (χ1) is 10.4. The van der Waals surface area contributed by atoms with Crippen LogP contribution in [0.4, 0.5) is 11.4 Å². The van der Waals surface area contributed by atoms with Gasteiger partial charge in [0, 0.05) is 25.8 Å². The molecule has 1 aromatic carbocycles. The summed E-state index contributed by atoms with van der Waals surface area (Å²) < 4.78 is 32.9. The van der Waals surface area contributed by atoms with E-state index in [4.69, 9.17) is 4.74 Å². The minimum atomic E-state index is -3.96. The lowest BCUT2D eigenvalue weighted by molar-refractivity contribution is -0.384. The molecule has 1 saturated heterocycles. The molecule has 0 spiro atoms. The molecule has 22 heavy (non-hydrogen) atoms. The predicted octanol–water partition coefficient (Wildman–Crippen LogP) is 1.77. The van der Waals surface area contributed by atoms with Crippen LogP contribution in [0.1, 0.15) is 12.8 Å². The van der Waals surface area contributed by atoms with Crippen LogP contribution in [0.15, 0.2) is 23.1 Å². The van der Waals surface area contributed by atoms with Gasteiger partial charge in [-0.15, -0.1) is 0 Å². The summed E-state index contributed by atoms with van der Waals surface area (Å²) in [6.07, 6.45) is 1.80. The maximum atomic E-state index is 11.6. The molecule has 1 N–H and O–H groups in total. The smallest absolute Gasteiger partial charge is 0.296 e. The Morgan fingerprint density at radius 3 is 2.68 bits per heavy atom. The number of nitrogens with zero attached hydrogens (tertiary/aromatic N) is 1. The lowest BCUT2D eigenvalue weighted by Crippen LogP contribution is -2.22. The van der Waals surface area contributed by atoms with E-state index in [0.717, 1.165) is 26.0 Å². The molecular weight excluding hydrogens is 312 g/mol. The van der Waals surface area contributed by atoms with Crippen molar-refractivity contribution in [2.24, 2.45) is 5.92 Å². The summed E-state index contributed by atoms with van der Waals surface area (Å²) in [4.78, 5) is 10.3. The molecule has 0 radical (unpaired) electrons. The van der Waals surface area contributed by atoms with Crippen molar-refractivity contribution in [1.82, 2.24) is 0 Å². The molecule has 122 valence electrons. The molecule has 9 heteroatoms. The summed E-state index contributed by atoms with van der Waals surface area (Å²) >= 11 is 0. The Morgan fingerprint density at radius 2 is 2.09 bits per heavy atom. The average Bonchev–Trinajstić information content (AvgIpc) is 2.53. The second kappa shape index (κ2) is 7.03. The normalized spacial score (nSPS) is 16.4. The highest BCUT2D eigenvalue weighted by atomic mass is 32.2. The maximum absolute atomic E-state index is 11.6. The standard InChI is InChI=1S/C13H18N2O6S/c1-20-22(18,19)11-2-3-12(13(8-11)15(16)17)14-9-10-4-6-21-7-5-10/h2-3,8,10,14H,4-7,9H2,1H3. The zero-order valence-electron chi connectivity index (χ0n) is 12.1. The zero-order chi connectivity index (χ0) is 16.2. The minimum absolute atomic E-state index is 0.238. The third-order valence-corrected chi connectivity index (χ3v) is 4.87. The number of rotatable bonds is 6. The first kappa shape index (κ1) is 16.7. The summed E-state index contributed by atoms with van der Waals surface area (Å²) in [5, 5.41) is 14.2. The van der Waals surface area contributed by atoms with Crippen molar-refractivity contribution < 1.29 is 22.3 Å². The van der Waals surface area contributed by atoms with Gasteiger partial charge in [-0.1, -0.05) is 0 Å². The van der Waals surface area contributed by atoms with Crippen LogP contribution in [0, 0.1) is 16.0 Å². The number of hydrogen-bond acceptors (Lipinski definition) is 7. The third kappa shape index (κ3) is 3.93. The van der Waals surface area contributed by atoms with E-state index in [9.17, 15) is 18.5 Å². The Balaban J connectivity index is 2.18. The Bertz CT molecular complexity index is 640.